The summed E-state index contributed by atoms with van der Waals surface area (Å²) in [5, 5.41) is 2.57. The molecule has 94 valence electrons. The highest BCUT2D eigenvalue weighted by Crippen LogP contribution is 2.26. The highest BCUT2D eigenvalue weighted by atomic mass is 32.1. The number of carbonyl (C=O) groups excluding carboxylic acids is 1. The molecule has 0 spiro atoms. The fraction of sp³-hybridized carbons (Fsp3) is 0.250. The van der Waals surface area contributed by atoms with Crippen LogP contribution in [0.15, 0.2) is 24.4 Å². The first-order valence-electron chi connectivity index (χ1n) is 5.57. The lowest BCUT2D eigenvalue weighted by molar-refractivity contribution is 0.249. The summed E-state index contributed by atoms with van der Waals surface area (Å²) in [6, 6.07) is 5.48. The third-order valence-corrected chi connectivity index (χ3v) is 3.53. The molecular weight excluding hydrogens is 248 g/mol. The predicted molar refractivity (Wildman–Crippen MR) is 71.4 cm³/mol. The number of amides is 2. The van der Waals surface area contributed by atoms with Crippen molar-refractivity contribution in [3.8, 4) is 10.6 Å². The second-order valence-corrected chi connectivity index (χ2v) is 4.96. The molecule has 6 heteroatoms. The van der Waals surface area contributed by atoms with Crippen LogP contribution in [0.25, 0.3) is 10.6 Å². The van der Waals surface area contributed by atoms with Crippen LogP contribution < -0.4 is 11.1 Å². The number of hydrogen-bond acceptors (Lipinski definition) is 4. The normalized spacial score (nSPS) is 10.3. The SMILES string of the molecule is Cc1nccc(-c2ccc(CCNC(N)=O)s2)n1. The molecule has 2 heterocycles. The van der Waals surface area contributed by atoms with E-state index in [1.54, 1.807) is 17.5 Å². The number of hydrogen-bond donors (Lipinski definition) is 2. The lowest BCUT2D eigenvalue weighted by Crippen LogP contribution is -2.30. The summed E-state index contributed by atoms with van der Waals surface area (Å²) in [7, 11) is 0. The number of nitrogens with one attached hydrogen (secondary N) is 1. The molecule has 5 nitrogen and oxygen atoms in total. The summed E-state index contributed by atoms with van der Waals surface area (Å²) in [6.45, 7) is 2.42. The minimum absolute atomic E-state index is 0.488. The summed E-state index contributed by atoms with van der Waals surface area (Å²) in [6.07, 6.45) is 2.53. The van der Waals surface area contributed by atoms with Gasteiger partial charge in [0.1, 0.15) is 5.82 Å². The van der Waals surface area contributed by atoms with Crippen molar-refractivity contribution in [1.82, 2.24) is 15.3 Å². The van der Waals surface area contributed by atoms with Crippen molar-refractivity contribution in [2.24, 2.45) is 5.73 Å². The number of aryl methyl sites for hydroxylation is 1. The predicted octanol–water partition coefficient (Wildman–Crippen LogP) is 1.72. The van der Waals surface area contributed by atoms with Crippen molar-refractivity contribution in [3.05, 3.63) is 35.1 Å². The van der Waals surface area contributed by atoms with Gasteiger partial charge in [0.05, 0.1) is 10.6 Å². The van der Waals surface area contributed by atoms with E-state index in [-0.39, 0.29) is 0 Å². The van der Waals surface area contributed by atoms with Crippen LogP contribution >= 0.6 is 11.3 Å². The van der Waals surface area contributed by atoms with Gasteiger partial charge in [-0.15, -0.1) is 11.3 Å². The average Bonchev–Trinajstić information content (AvgIpc) is 2.77. The van der Waals surface area contributed by atoms with Gasteiger partial charge in [-0.25, -0.2) is 14.8 Å². The van der Waals surface area contributed by atoms with E-state index in [1.807, 2.05) is 25.1 Å². The summed E-state index contributed by atoms with van der Waals surface area (Å²) in [4.78, 5) is 21.3. The molecule has 2 amide bonds. The first-order valence-corrected chi connectivity index (χ1v) is 6.39. The van der Waals surface area contributed by atoms with E-state index in [1.165, 1.54) is 4.88 Å². The molecule has 0 aliphatic rings. The number of urea groups is 1. The van der Waals surface area contributed by atoms with Gasteiger partial charge in [0, 0.05) is 17.6 Å². The fourth-order valence-corrected chi connectivity index (χ4v) is 2.53. The fourth-order valence-electron chi connectivity index (χ4n) is 1.55. The van der Waals surface area contributed by atoms with Gasteiger partial charge in [0.25, 0.3) is 0 Å². The van der Waals surface area contributed by atoms with Crippen molar-refractivity contribution in [2.45, 2.75) is 13.3 Å². The molecule has 3 N–H and O–H groups in total. The molecule has 0 saturated carbocycles. The molecule has 0 fully saturated rings. The number of carbonyl (C=O) groups is 1. The van der Waals surface area contributed by atoms with Crippen LogP contribution in [0.2, 0.25) is 0 Å². The Kier molecular flexibility index (Phi) is 3.88. The Morgan fingerprint density at radius 3 is 3.00 bits per heavy atom. The minimum atomic E-state index is -0.488. The number of aromatic nitrogens is 2. The molecule has 0 aliphatic heterocycles. The van der Waals surface area contributed by atoms with E-state index < -0.39 is 6.03 Å². The van der Waals surface area contributed by atoms with Crippen LogP contribution in [-0.2, 0) is 6.42 Å². The van der Waals surface area contributed by atoms with Gasteiger partial charge in [-0.2, -0.15) is 0 Å². The standard InChI is InChI=1S/C12H14N4OS/c1-8-14-7-5-10(16-8)11-3-2-9(18-11)4-6-15-12(13)17/h2-3,5,7H,4,6H2,1H3,(H3,13,15,17). The zero-order chi connectivity index (χ0) is 13.0. The maximum absolute atomic E-state index is 10.6. The van der Waals surface area contributed by atoms with E-state index in [0.717, 1.165) is 22.8 Å². The molecule has 0 unspecified atom stereocenters. The van der Waals surface area contributed by atoms with Gasteiger partial charge in [-0.3, -0.25) is 0 Å². The van der Waals surface area contributed by atoms with Crippen molar-refractivity contribution in [3.63, 3.8) is 0 Å². The molecule has 2 rings (SSSR count). The van der Waals surface area contributed by atoms with E-state index in [9.17, 15) is 4.79 Å². The van der Waals surface area contributed by atoms with Gasteiger partial charge in [-0.05, 0) is 31.5 Å². The van der Waals surface area contributed by atoms with Gasteiger partial charge >= 0.3 is 6.03 Å². The van der Waals surface area contributed by atoms with Crippen LogP contribution in [0.3, 0.4) is 0 Å². The van der Waals surface area contributed by atoms with E-state index in [4.69, 9.17) is 5.73 Å². The topological polar surface area (TPSA) is 80.9 Å². The minimum Gasteiger partial charge on any atom is -0.352 e. The first-order chi connectivity index (χ1) is 8.65. The summed E-state index contributed by atoms with van der Waals surface area (Å²) < 4.78 is 0. The Morgan fingerprint density at radius 1 is 1.44 bits per heavy atom. The van der Waals surface area contributed by atoms with Crippen LogP contribution in [0.5, 0.6) is 0 Å². The summed E-state index contributed by atoms with van der Waals surface area (Å²) in [5.74, 6) is 0.762. The number of nitrogens with two attached hydrogens (primary N) is 1. The maximum Gasteiger partial charge on any atom is 0.312 e. The number of primary amides is 1. The number of nitrogens with zero attached hydrogens (tertiary/aromatic N) is 2. The van der Waals surface area contributed by atoms with Crippen LogP contribution in [0, 0.1) is 6.92 Å². The zero-order valence-corrected chi connectivity index (χ0v) is 10.8. The molecule has 0 saturated heterocycles. The van der Waals surface area contributed by atoms with Crippen molar-refractivity contribution < 1.29 is 4.79 Å². The Labute approximate surface area is 109 Å². The van der Waals surface area contributed by atoms with E-state index in [2.05, 4.69) is 15.3 Å². The van der Waals surface area contributed by atoms with Gasteiger partial charge in [0.15, 0.2) is 0 Å². The van der Waals surface area contributed by atoms with Crippen molar-refractivity contribution in [1.29, 1.82) is 0 Å². The molecule has 2 aromatic heterocycles. The molecule has 0 atom stereocenters. The second kappa shape index (κ2) is 5.59. The van der Waals surface area contributed by atoms with Gasteiger partial charge in [-0.1, -0.05) is 0 Å². The number of thiophene rings is 1. The van der Waals surface area contributed by atoms with Crippen molar-refractivity contribution >= 4 is 17.4 Å². The van der Waals surface area contributed by atoms with E-state index in [0.29, 0.717) is 6.54 Å². The second-order valence-electron chi connectivity index (χ2n) is 3.80. The van der Waals surface area contributed by atoms with Crippen LogP contribution in [-0.4, -0.2) is 22.5 Å². The molecule has 18 heavy (non-hydrogen) atoms. The third-order valence-electron chi connectivity index (χ3n) is 2.36. The molecule has 0 radical (unpaired) electrons. The maximum atomic E-state index is 10.6. The Hall–Kier alpha value is -1.95. The number of rotatable bonds is 4. The van der Waals surface area contributed by atoms with Crippen LogP contribution in [0.1, 0.15) is 10.7 Å². The first kappa shape index (κ1) is 12.5. The van der Waals surface area contributed by atoms with Crippen molar-refractivity contribution in [2.75, 3.05) is 6.54 Å². The highest BCUT2D eigenvalue weighted by molar-refractivity contribution is 7.15. The smallest absolute Gasteiger partial charge is 0.312 e. The third kappa shape index (κ3) is 3.27. The highest BCUT2D eigenvalue weighted by Gasteiger charge is 2.05. The summed E-state index contributed by atoms with van der Waals surface area (Å²) in [5.41, 5.74) is 5.94. The molecule has 0 aromatic carbocycles. The quantitative estimate of drug-likeness (QED) is 0.880. The largest absolute Gasteiger partial charge is 0.352 e. The van der Waals surface area contributed by atoms with Gasteiger partial charge < -0.3 is 11.1 Å². The van der Waals surface area contributed by atoms with E-state index >= 15 is 0 Å². The molecular formula is C12H14N4OS. The van der Waals surface area contributed by atoms with Crippen LogP contribution in [0.4, 0.5) is 4.79 Å². The molecule has 0 bridgehead atoms. The Morgan fingerprint density at radius 2 is 2.28 bits per heavy atom. The van der Waals surface area contributed by atoms with Gasteiger partial charge in [0.2, 0.25) is 0 Å². The average molecular weight is 262 g/mol. The molecule has 2 aromatic rings. The zero-order valence-electron chi connectivity index (χ0n) is 10.0. The summed E-state index contributed by atoms with van der Waals surface area (Å²) >= 11 is 1.66. The molecule has 0 aliphatic carbocycles. The Bertz CT molecular complexity index is 553. The lowest BCUT2D eigenvalue weighted by atomic mass is 10.3. The lowest BCUT2D eigenvalue weighted by Gasteiger charge is -1.99. The monoisotopic (exact) mass is 262 g/mol. The Balaban J connectivity index is 2.04.